The molecule has 88 valence electrons. The van der Waals surface area contributed by atoms with Crippen LogP contribution < -0.4 is 5.32 Å². The summed E-state index contributed by atoms with van der Waals surface area (Å²) in [5.74, 6) is -0.0338. The second-order valence-corrected chi connectivity index (χ2v) is 5.59. The van der Waals surface area contributed by atoms with Crippen molar-refractivity contribution in [2.75, 3.05) is 5.32 Å². The zero-order chi connectivity index (χ0) is 12.3. The number of aliphatic hydroxyl groups excluding tert-OH is 1. The fourth-order valence-corrected chi connectivity index (χ4v) is 1.20. The molecule has 0 bridgehead atoms. The number of alkyl halides is 3. The second kappa shape index (κ2) is 5.23. The third kappa shape index (κ3) is 3.83. The van der Waals surface area contributed by atoms with Gasteiger partial charge in [-0.2, -0.15) is 0 Å². The molecule has 6 heteroatoms. The number of aliphatic hydroxyl groups is 1. The van der Waals surface area contributed by atoms with E-state index >= 15 is 0 Å². The van der Waals surface area contributed by atoms with Crippen molar-refractivity contribution in [2.24, 2.45) is 0 Å². The van der Waals surface area contributed by atoms with Crippen LogP contribution >= 0.6 is 34.8 Å². The minimum Gasteiger partial charge on any atom is -0.370 e. The summed E-state index contributed by atoms with van der Waals surface area (Å²) in [6, 6.07) is 6.48. The first-order valence-corrected chi connectivity index (χ1v) is 5.56. The summed E-state index contributed by atoms with van der Waals surface area (Å²) in [6.45, 7) is 1.47. The maximum absolute atomic E-state index is 11.0. The summed E-state index contributed by atoms with van der Waals surface area (Å²) in [4.78, 5) is 11.0. The Balaban J connectivity index is 2.73. The van der Waals surface area contributed by atoms with Gasteiger partial charge in [-0.1, -0.05) is 34.8 Å². The van der Waals surface area contributed by atoms with Crippen molar-refractivity contribution < 1.29 is 9.90 Å². The molecule has 1 rings (SSSR count). The quantitative estimate of drug-likeness (QED) is 0.509. The molecule has 0 heterocycles. The zero-order valence-electron chi connectivity index (χ0n) is 8.38. The minimum atomic E-state index is -1.81. The summed E-state index contributed by atoms with van der Waals surface area (Å²) >= 11 is 16.4. The lowest BCUT2D eigenvalue weighted by atomic mass is 10.1. The predicted molar refractivity (Wildman–Crippen MR) is 66.4 cm³/mol. The van der Waals surface area contributed by atoms with E-state index in [9.17, 15) is 9.90 Å². The Morgan fingerprint density at radius 3 is 2.19 bits per heavy atom. The smallest absolute Gasteiger partial charge is 0.234 e. The number of nitrogens with one attached hydrogen (secondary N) is 1. The van der Waals surface area contributed by atoms with E-state index in [0.29, 0.717) is 11.3 Å². The molecule has 0 radical (unpaired) electrons. The van der Waals surface area contributed by atoms with Crippen LogP contribution in [0.2, 0.25) is 0 Å². The lowest BCUT2D eigenvalue weighted by Crippen LogP contribution is -2.33. The van der Waals surface area contributed by atoms with Crippen molar-refractivity contribution in [1.82, 2.24) is 0 Å². The van der Waals surface area contributed by atoms with E-state index in [1.165, 1.54) is 6.92 Å². The molecule has 1 aromatic carbocycles. The van der Waals surface area contributed by atoms with Gasteiger partial charge < -0.3 is 10.4 Å². The molecule has 0 aliphatic heterocycles. The van der Waals surface area contributed by atoms with E-state index in [1.807, 2.05) is 0 Å². The highest BCUT2D eigenvalue weighted by Gasteiger charge is 2.30. The van der Waals surface area contributed by atoms with Gasteiger partial charge in [0.05, 0.1) is 0 Å². The molecule has 0 aliphatic rings. The van der Waals surface area contributed by atoms with Gasteiger partial charge in [0.15, 0.2) is 12.0 Å². The SMILES string of the molecule is CC(=O)c1ccc(N[C@H](O)C(Cl)(Cl)Cl)cc1. The molecular formula is C10H10Cl3NO2. The minimum absolute atomic E-state index is 0.0338. The van der Waals surface area contributed by atoms with Crippen LogP contribution in [0.15, 0.2) is 24.3 Å². The van der Waals surface area contributed by atoms with Gasteiger partial charge in [-0.05, 0) is 31.2 Å². The van der Waals surface area contributed by atoms with Gasteiger partial charge in [0.25, 0.3) is 0 Å². The molecule has 3 nitrogen and oxygen atoms in total. The molecular weight excluding hydrogens is 272 g/mol. The number of carbonyl (C=O) groups excluding carboxylic acids is 1. The lowest BCUT2D eigenvalue weighted by molar-refractivity contribution is 0.101. The highest BCUT2D eigenvalue weighted by atomic mass is 35.6. The van der Waals surface area contributed by atoms with Crippen molar-refractivity contribution in [3.05, 3.63) is 29.8 Å². The Morgan fingerprint density at radius 1 is 1.31 bits per heavy atom. The number of Topliss-reactive ketones (excluding diaryl/α,β-unsaturated/α-hetero) is 1. The fraction of sp³-hybridized carbons (Fsp3) is 0.300. The van der Waals surface area contributed by atoms with E-state index in [4.69, 9.17) is 34.8 Å². The van der Waals surface area contributed by atoms with Crippen LogP contribution in [-0.4, -0.2) is 20.9 Å². The molecule has 0 aromatic heterocycles. The number of hydrogen-bond donors (Lipinski definition) is 2. The van der Waals surface area contributed by atoms with Crippen LogP contribution in [0, 0.1) is 0 Å². The predicted octanol–water partition coefficient (Wildman–Crippen LogP) is 2.99. The molecule has 1 aromatic rings. The largest absolute Gasteiger partial charge is 0.370 e. The number of halogens is 3. The molecule has 0 fully saturated rings. The van der Waals surface area contributed by atoms with E-state index in [-0.39, 0.29) is 5.78 Å². The van der Waals surface area contributed by atoms with Crippen LogP contribution in [0.3, 0.4) is 0 Å². The van der Waals surface area contributed by atoms with Crippen LogP contribution in [0.25, 0.3) is 0 Å². The van der Waals surface area contributed by atoms with Crippen molar-refractivity contribution in [3.63, 3.8) is 0 Å². The summed E-state index contributed by atoms with van der Waals surface area (Å²) in [5, 5.41) is 12.0. The highest BCUT2D eigenvalue weighted by Crippen LogP contribution is 2.30. The number of hydrogen-bond acceptors (Lipinski definition) is 3. The maximum Gasteiger partial charge on any atom is 0.234 e. The number of rotatable bonds is 3. The van der Waals surface area contributed by atoms with Gasteiger partial charge in [-0.15, -0.1) is 0 Å². The normalized spacial score (nSPS) is 13.3. The molecule has 0 unspecified atom stereocenters. The van der Waals surface area contributed by atoms with Crippen molar-refractivity contribution in [2.45, 2.75) is 16.9 Å². The Bertz CT molecular complexity index is 373. The summed E-state index contributed by atoms with van der Waals surface area (Å²) in [6.07, 6.45) is -1.32. The number of ketones is 1. The van der Waals surface area contributed by atoms with Crippen molar-refractivity contribution in [3.8, 4) is 0 Å². The third-order valence-corrected chi connectivity index (χ3v) is 2.52. The van der Waals surface area contributed by atoms with Crippen LogP contribution in [-0.2, 0) is 0 Å². The molecule has 0 amide bonds. The average Bonchev–Trinajstić information content (AvgIpc) is 2.17. The molecule has 2 N–H and O–H groups in total. The van der Waals surface area contributed by atoms with Crippen LogP contribution in [0.1, 0.15) is 17.3 Å². The standard InChI is InChI=1S/C10H10Cl3NO2/c1-6(15)7-2-4-8(5-3-7)14-9(16)10(11,12)13/h2-5,9,14,16H,1H3/t9-/m1/s1. The fourth-order valence-electron chi connectivity index (χ4n) is 1.04. The molecule has 16 heavy (non-hydrogen) atoms. The first kappa shape index (κ1) is 13.6. The molecule has 0 saturated heterocycles. The number of benzene rings is 1. The van der Waals surface area contributed by atoms with Crippen LogP contribution in [0.5, 0.6) is 0 Å². The average molecular weight is 283 g/mol. The van der Waals surface area contributed by atoms with E-state index < -0.39 is 10.0 Å². The Labute approximate surface area is 108 Å². The summed E-state index contributed by atoms with van der Waals surface area (Å²) < 4.78 is -1.81. The van der Waals surface area contributed by atoms with Crippen molar-refractivity contribution in [1.29, 1.82) is 0 Å². The highest BCUT2D eigenvalue weighted by molar-refractivity contribution is 6.68. The maximum atomic E-state index is 11.0. The summed E-state index contributed by atoms with van der Waals surface area (Å²) in [7, 11) is 0. The van der Waals surface area contributed by atoms with Gasteiger partial charge in [-0.25, -0.2) is 0 Å². The first-order chi connectivity index (χ1) is 7.30. The van der Waals surface area contributed by atoms with Gasteiger partial charge >= 0.3 is 0 Å². The number of carbonyl (C=O) groups is 1. The molecule has 0 spiro atoms. The summed E-state index contributed by atoms with van der Waals surface area (Å²) in [5.41, 5.74) is 1.14. The van der Waals surface area contributed by atoms with Crippen molar-refractivity contribution >= 4 is 46.3 Å². The van der Waals surface area contributed by atoms with Gasteiger partial charge in [0, 0.05) is 11.3 Å². The van der Waals surface area contributed by atoms with Gasteiger partial charge in [0.1, 0.15) is 0 Å². The Morgan fingerprint density at radius 2 is 1.81 bits per heavy atom. The Hall–Kier alpha value is -0.480. The van der Waals surface area contributed by atoms with E-state index in [1.54, 1.807) is 24.3 Å². The topological polar surface area (TPSA) is 49.3 Å². The van der Waals surface area contributed by atoms with Gasteiger partial charge in [-0.3, -0.25) is 4.79 Å². The lowest BCUT2D eigenvalue weighted by Gasteiger charge is -2.21. The van der Waals surface area contributed by atoms with E-state index in [0.717, 1.165) is 0 Å². The third-order valence-electron chi connectivity index (χ3n) is 1.90. The monoisotopic (exact) mass is 281 g/mol. The van der Waals surface area contributed by atoms with Gasteiger partial charge in [0.2, 0.25) is 3.79 Å². The van der Waals surface area contributed by atoms with Crippen LogP contribution in [0.4, 0.5) is 5.69 Å². The number of anilines is 1. The molecule has 1 atom stereocenters. The van der Waals surface area contributed by atoms with E-state index in [2.05, 4.69) is 5.32 Å². The second-order valence-electron chi connectivity index (χ2n) is 3.22. The molecule has 0 saturated carbocycles. The first-order valence-electron chi connectivity index (χ1n) is 4.43. The molecule has 0 aliphatic carbocycles. The zero-order valence-corrected chi connectivity index (χ0v) is 10.6. The Kier molecular flexibility index (Phi) is 4.44.